The van der Waals surface area contributed by atoms with E-state index >= 15 is 0 Å². The van der Waals surface area contributed by atoms with E-state index in [1.54, 1.807) is 0 Å². The zero-order valence-corrected chi connectivity index (χ0v) is 8.30. The molecule has 0 aliphatic rings. The molecule has 68 valence electrons. The Kier molecular flexibility index (Phi) is 5.51. The van der Waals surface area contributed by atoms with Crippen molar-refractivity contribution in [2.45, 2.75) is 33.2 Å². The maximum absolute atomic E-state index is 5.91. The molecule has 0 amide bonds. The summed E-state index contributed by atoms with van der Waals surface area (Å²) in [5.74, 6) is 0.592. The second kappa shape index (κ2) is 5.56. The fraction of sp³-hybridized carbons (Fsp3) is 1.00. The predicted octanol–water partition coefficient (Wildman–Crippen LogP) is 1.31. The Morgan fingerprint density at radius 3 is 2.27 bits per heavy atom. The smallest absolute Gasteiger partial charge is 0.0191 e. The van der Waals surface area contributed by atoms with Crippen molar-refractivity contribution >= 4 is 0 Å². The van der Waals surface area contributed by atoms with E-state index in [1.807, 2.05) is 0 Å². The molecule has 0 aromatic carbocycles. The van der Waals surface area contributed by atoms with Gasteiger partial charge in [0.15, 0.2) is 0 Å². The van der Waals surface area contributed by atoms with E-state index in [0.29, 0.717) is 12.0 Å². The van der Waals surface area contributed by atoms with Crippen LogP contribution in [0.4, 0.5) is 0 Å². The Labute approximate surface area is 70.8 Å². The van der Waals surface area contributed by atoms with Gasteiger partial charge in [-0.2, -0.15) is 0 Å². The molecule has 1 atom stereocenters. The average molecular weight is 158 g/mol. The van der Waals surface area contributed by atoms with E-state index in [0.717, 1.165) is 13.1 Å². The second-order valence-electron chi connectivity index (χ2n) is 3.67. The van der Waals surface area contributed by atoms with Crippen molar-refractivity contribution in [3.05, 3.63) is 0 Å². The van der Waals surface area contributed by atoms with Crippen molar-refractivity contribution in [3.63, 3.8) is 0 Å². The molecule has 11 heavy (non-hydrogen) atoms. The lowest BCUT2D eigenvalue weighted by Crippen LogP contribution is -2.39. The minimum atomic E-state index is 0.326. The molecule has 0 bridgehead atoms. The summed E-state index contributed by atoms with van der Waals surface area (Å²) >= 11 is 0. The summed E-state index contributed by atoms with van der Waals surface area (Å²) in [6.07, 6.45) is 1.21. The quantitative estimate of drug-likeness (QED) is 0.653. The molecule has 2 heteroatoms. The standard InChI is InChI=1S/C9H22N2/c1-5-6-11(4)7-9(10)8(2)3/h8-9H,5-7,10H2,1-4H3/t9-/m1/s1. The number of hydrogen-bond donors (Lipinski definition) is 1. The maximum Gasteiger partial charge on any atom is 0.0191 e. The Morgan fingerprint density at radius 2 is 1.91 bits per heavy atom. The molecule has 2 N–H and O–H groups in total. The van der Waals surface area contributed by atoms with Crippen LogP contribution in [0.1, 0.15) is 27.2 Å². The summed E-state index contributed by atoms with van der Waals surface area (Å²) in [7, 11) is 2.13. The maximum atomic E-state index is 5.91. The Hall–Kier alpha value is -0.0800. The van der Waals surface area contributed by atoms with Crippen LogP contribution in [0.5, 0.6) is 0 Å². The molecule has 0 aliphatic carbocycles. The molecule has 0 saturated carbocycles. The Bertz CT molecular complexity index is 91.6. The van der Waals surface area contributed by atoms with Gasteiger partial charge in [0.1, 0.15) is 0 Å². The lowest BCUT2D eigenvalue weighted by atomic mass is 10.1. The van der Waals surface area contributed by atoms with Crippen molar-refractivity contribution in [2.24, 2.45) is 11.7 Å². The molecule has 0 aliphatic heterocycles. The fourth-order valence-corrected chi connectivity index (χ4v) is 1.04. The van der Waals surface area contributed by atoms with Gasteiger partial charge in [0.2, 0.25) is 0 Å². The predicted molar refractivity (Wildman–Crippen MR) is 50.6 cm³/mol. The molecule has 0 heterocycles. The molecule has 0 rings (SSSR count). The van der Waals surface area contributed by atoms with E-state index in [2.05, 4.69) is 32.7 Å². The SMILES string of the molecule is CCCN(C)C[C@@H](N)C(C)C. The van der Waals surface area contributed by atoms with Gasteiger partial charge in [-0.3, -0.25) is 0 Å². The van der Waals surface area contributed by atoms with Gasteiger partial charge in [0.05, 0.1) is 0 Å². The van der Waals surface area contributed by atoms with Gasteiger partial charge in [-0.1, -0.05) is 20.8 Å². The minimum absolute atomic E-state index is 0.326. The third kappa shape index (κ3) is 5.22. The Balaban J connectivity index is 3.48. The summed E-state index contributed by atoms with van der Waals surface area (Å²) in [6, 6.07) is 0.326. The Morgan fingerprint density at radius 1 is 1.36 bits per heavy atom. The van der Waals surface area contributed by atoms with Crippen molar-refractivity contribution in [1.82, 2.24) is 4.90 Å². The van der Waals surface area contributed by atoms with Crippen LogP contribution in [0, 0.1) is 5.92 Å². The van der Waals surface area contributed by atoms with Gasteiger partial charge in [-0.05, 0) is 25.9 Å². The third-order valence-electron chi connectivity index (χ3n) is 1.98. The lowest BCUT2D eigenvalue weighted by molar-refractivity contribution is 0.284. The van der Waals surface area contributed by atoms with E-state index < -0.39 is 0 Å². The number of hydrogen-bond acceptors (Lipinski definition) is 2. The van der Waals surface area contributed by atoms with Crippen LogP contribution in [0.3, 0.4) is 0 Å². The van der Waals surface area contributed by atoms with Gasteiger partial charge in [0, 0.05) is 12.6 Å². The summed E-state index contributed by atoms with van der Waals surface area (Å²) in [5, 5.41) is 0. The zero-order chi connectivity index (χ0) is 8.85. The summed E-state index contributed by atoms with van der Waals surface area (Å²) in [6.45, 7) is 8.71. The van der Waals surface area contributed by atoms with E-state index in [1.165, 1.54) is 6.42 Å². The topological polar surface area (TPSA) is 29.3 Å². The number of nitrogens with zero attached hydrogens (tertiary/aromatic N) is 1. The van der Waals surface area contributed by atoms with Crippen molar-refractivity contribution in [3.8, 4) is 0 Å². The van der Waals surface area contributed by atoms with Crippen LogP contribution in [0.2, 0.25) is 0 Å². The van der Waals surface area contributed by atoms with Gasteiger partial charge in [-0.15, -0.1) is 0 Å². The van der Waals surface area contributed by atoms with Gasteiger partial charge >= 0.3 is 0 Å². The monoisotopic (exact) mass is 158 g/mol. The molecule has 0 saturated heterocycles. The molecule has 0 fully saturated rings. The zero-order valence-electron chi connectivity index (χ0n) is 8.30. The third-order valence-corrected chi connectivity index (χ3v) is 1.98. The second-order valence-corrected chi connectivity index (χ2v) is 3.67. The minimum Gasteiger partial charge on any atom is -0.326 e. The number of nitrogens with two attached hydrogens (primary N) is 1. The first-order chi connectivity index (χ1) is 5.07. The molecule has 0 aromatic rings. The van der Waals surface area contributed by atoms with Gasteiger partial charge in [-0.25, -0.2) is 0 Å². The van der Waals surface area contributed by atoms with Crippen molar-refractivity contribution < 1.29 is 0 Å². The molecular weight excluding hydrogens is 136 g/mol. The number of rotatable bonds is 5. The average Bonchev–Trinajstić information content (AvgIpc) is 1.87. The molecule has 0 spiro atoms. The van der Waals surface area contributed by atoms with E-state index in [9.17, 15) is 0 Å². The summed E-state index contributed by atoms with van der Waals surface area (Å²) in [5.41, 5.74) is 5.91. The molecular formula is C9H22N2. The van der Waals surface area contributed by atoms with Crippen molar-refractivity contribution in [2.75, 3.05) is 20.1 Å². The molecule has 0 aromatic heterocycles. The van der Waals surface area contributed by atoms with Gasteiger partial charge in [0.25, 0.3) is 0 Å². The summed E-state index contributed by atoms with van der Waals surface area (Å²) < 4.78 is 0. The highest BCUT2D eigenvalue weighted by molar-refractivity contribution is 4.68. The van der Waals surface area contributed by atoms with Gasteiger partial charge < -0.3 is 10.6 Å². The van der Waals surface area contributed by atoms with E-state index in [-0.39, 0.29) is 0 Å². The first-order valence-corrected chi connectivity index (χ1v) is 4.52. The van der Waals surface area contributed by atoms with Crippen LogP contribution in [-0.4, -0.2) is 31.1 Å². The first-order valence-electron chi connectivity index (χ1n) is 4.52. The van der Waals surface area contributed by atoms with Crippen LogP contribution < -0.4 is 5.73 Å². The van der Waals surface area contributed by atoms with Crippen LogP contribution in [0.25, 0.3) is 0 Å². The van der Waals surface area contributed by atoms with Crippen LogP contribution in [0.15, 0.2) is 0 Å². The molecule has 0 unspecified atom stereocenters. The normalized spacial score (nSPS) is 14.5. The van der Waals surface area contributed by atoms with Crippen LogP contribution in [-0.2, 0) is 0 Å². The van der Waals surface area contributed by atoms with E-state index in [4.69, 9.17) is 5.73 Å². The highest BCUT2D eigenvalue weighted by Crippen LogP contribution is 1.99. The lowest BCUT2D eigenvalue weighted by Gasteiger charge is -2.22. The molecule has 0 radical (unpaired) electrons. The van der Waals surface area contributed by atoms with Crippen molar-refractivity contribution in [1.29, 1.82) is 0 Å². The largest absolute Gasteiger partial charge is 0.326 e. The molecule has 2 nitrogen and oxygen atoms in total. The highest BCUT2D eigenvalue weighted by Gasteiger charge is 2.09. The summed E-state index contributed by atoms with van der Waals surface area (Å²) in [4.78, 5) is 2.30. The van der Waals surface area contributed by atoms with Crippen LogP contribution >= 0.6 is 0 Å². The highest BCUT2D eigenvalue weighted by atomic mass is 15.1. The number of likely N-dealkylation sites (N-methyl/N-ethyl adjacent to an activating group) is 1. The first kappa shape index (κ1) is 10.9. The fourth-order valence-electron chi connectivity index (χ4n) is 1.04.